The molecule has 0 aromatic carbocycles. The third-order valence-corrected chi connectivity index (χ3v) is 5.83. The molecule has 2 aliphatic rings. The molecule has 4 heterocycles. The summed E-state index contributed by atoms with van der Waals surface area (Å²) in [4.78, 5) is 33.2. The SMILES string of the molecule is CC(=O)c1ccc(N2C[C@H]3C[C@@H](C2)[C@H](CN(C)C)n2c3cccc2=O)nc1. The molecular weight excluding hydrogens is 340 g/mol. The number of nitrogens with zero attached hydrogens (tertiary/aromatic N) is 4. The van der Waals surface area contributed by atoms with Gasteiger partial charge in [0.1, 0.15) is 5.82 Å². The number of ketones is 1. The van der Waals surface area contributed by atoms with Crippen LogP contribution in [0, 0.1) is 5.92 Å². The average molecular weight is 366 g/mol. The molecule has 0 amide bonds. The molecule has 27 heavy (non-hydrogen) atoms. The lowest BCUT2D eigenvalue weighted by molar-refractivity contribution is 0.101. The molecule has 2 aliphatic heterocycles. The van der Waals surface area contributed by atoms with E-state index in [4.69, 9.17) is 0 Å². The fourth-order valence-corrected chi connectivity index (χ4v) is 4.62. The maximum atomic E-state index is 12.6. The van der Waals surface area contributed by atoms with Crippen LogP contribution in [0.2, 0.25) is 0 Å². The number of aromatic nitrogens is 2. The Hall–Kier alpha value is -2.47. The number of hydrogen-bond acceptors (Lipinski definition) is 5. The van der Waals surface area contributed by atoms with Crippen molar-refractivity contribution in [3.8, 4) is 0 Å². The van der Waals surface area contributed by atoms with E-state index >= 15 is 0 Å². The summed E-state index contributed by atoms with van der Waals surface area (Å²) in [5.74, 6) is 1.66. The van der Waals surface area contributed by atoms with Gasteiger partial charge in [-0.15, -0.1) is 0 Å². The first-order chi connectivity index (χ1) is 12.9. The van der Waals surface area contributed by atoms with Crippen molar-refractivity contribution in [3.63, 3.8) is 0 Å². The molecule has 2 bridgehead atoms. The fourth-order valence-electron chi connectivity index (χ4n) is 4.62. The zero-order valence-electron chi connectivity index (χ0n) is 16.1. The van der Waals surface area contributed by atoms with Gasteiger partial charge in [0.05, 0.1) is 6.04 Å². The smallest absolute Gasteiger partial charge is 0.251 e. The molecule has 6 heteroatoms. The van der Waals surface area contributed by atoms with Crippen LogP contribution in [0.4, 0.5) is 5.82 Å². The Balaban J connectivity index is 1.69. The first kappa shape index (κ1) is 17.9. The van der Waals surface area contributed by atoms with Crippen LogP contribution in [0.5, 0.6) is 0 Å². The van der Waals surface area contributed by atoms with Crippen LogP contribution < -0.4 is 10.5 Å². The van der Waals surface area contributed by atoms with Crippen LogP contribution in [0.25, 0.3) is 0 Å². The van der Waals surface area contributed by atoms with Crippen molar-refractivity contribution >= 4 is 11.6 Å². The van der Waals surface area contributed by atoms with Crippen molar-refractivity contribution in [1.82, 2.24) is 14.5 Å². The summed E-state index contributed by atoms with van der Waals surface area (Å²) in [5, 5.41) is 0. The van der Waals surface area contributed by atoms with Crippen molar-refractivity contribution < 1.29 is 4.79 Å². The van der Waals surface area contributed by atoms with Gasteiger partial charge in [-0.05, 0) is 51.6 Å². The quantitative estimate of drug-likeness (QED) is 0.776. The Morgan fingerprint density at radius 3 is 2.70 bits per heavy atom. The van der Waals surface area contributed by atoms with Gasteiger partial charge in [0.15, 0.2) is 5.78 Å². The van der Waals surface area contributed by atoms with Gasteiger partial charge in [-0.2, -0.15) is 0 Å². The number of likely N-dealkylation sites (N-methyl/N-ethyl adjacent to an activating group) is 1. The van der Waals surface area contributed by atoms with E-state index < -0.39 is 0 Å². The lowest BCUT2D eigenvalue weighted by Crippen LogP contribution is -2.51. The maximum absolute atomic E-state index is 12.6. The number of anilines is 1. The summed E-state index contributed by atoms with van der Waals surface area (Å²) in [6, 6.07) is 9.61. The van der Waals surface area contributed by atoms with Gasteiger partial charge in [0.25, 0.3) is 5.56 Å². The maximum Gasteiger partial charge on any atom is 0.251 e. The van der Waals surface area contributed by atoms with E-state index in [1.54, 1.807) is 19.2 Å². The number of piperidine rings is 1. The predicted octanol–water partition coefficient (Wildman–Crippen LogP) is 2.17. The monoisotopic (exact) mass is 366 g/mol. The highest BCUT2D eigenvalue weighted by Crippen LogP contribution is 2.42. The van der Waals surface area contributed by atoms with E-state index in [0.29, 0.717) is 17.4 Å². The van der Waals surface area contributed by atoms with Gasteiger partial charge >= 0.3 is 0 Å². The summed E-state index contributed by atoms with van der Waals surface area (Å²) in [7, 11) is 4.12. The molecule has 142 valence electrons. The summed E-state index contributed by atoms with van der Waals surface area (Å²) in [6.07, 6.45) is 2.77. The summed E-state index contributed by atoms with van der Waals surface area (Å²) in [6.45, 7) is 4.13. The van der Waals surface area contributed by atoms with E-state index in [2.05, 4.69) is 34.9 Å². The van der Waals surface area contributed by atoms with Crippen LogP contribution >= 0.6 is 0 Å². The van der Waals surface area contributed by atoms with Gasteiger partial charge in [0.2, 0.25) is 0 Å². The molecule has 0 aliphatic carbocycles. The Labute approximate surface area is 159 Å². The van der Waals surface area contributed by atoms with Crippen molar-refractivity contribution in [2.45, 2.75) is 25.3 Å². The second-order valence-corrected chi connectivity index (χ2v) is 8.05. The van der Waals surface area contributed by atoms with Crippen LogP contribution in [0.15, 0.2) is 41.3 Å². The lowest BCUT2D eigenvalue weighted by atomic mass is 9.78. The standard InChI is InChI=1S/C21H26N4O2/c1-14(26)15-7-8-20(22-10-15)24-11-16-9-17(12-24)19(13-23(2)3)25-18(16)5-4-6-21(25)27/h4-8,10,16-17,19H,9,11-13H2,1-3H3/t16-,17+,19+/m1/s1. The van der Waals surface area contributed by atoms with Crippen LogP contribution in [0.3, 0.4) is 0 Å². The van der Waals surface area contributed by atoms with E-state index in [9.17, 15) is 9.59 Å². The number of hydrogen-bond donors (Lipinski definition) is 0. The third-order valence-electron chi connectivity index (χ3n) is 5.83. The van der Waals surface area contributed by atoms with Crippen LogP contribution in [-0.4, -0.2) is 54.0 Å². The van der Waals surface area contributed by atoms with E-state index in [1.165, 1.54) is 0 Å². The lowest BCUT2D eigenvalue weighted by Gasteiger charge is -2.48. The molecule has 3 atom stereocenters. The molecule has 0 unspecified atom stereocenters. The Morgan fingerprint density at radius 2 is 2.04 bits per heavy atom. The minimum absolute atomic E-state index is 0.0314. The summed E-state index contributed by atoms with van der Waals surface area (Å²) in [5.41, 5.74) is 1.88. The minimum atomic E-state index is 0.0314. The highest BCUT2D eigenvalue weighted by Gasteiger charge is 2.40. The zero-order valence-corrected chi connectivity index (χ0v) is 16.1. The molecule has 0 spiro atoms. The zero-order chi connectivity index (χ0) is 19.1. The normalized spacial score (nSPS) is 24.0. The van der Waals surface area contributed by atoms with Crippen molar-refractivity contribution in [2.24, 2.45) is 5.92 Å². The second-order valence-electron chi connectivity index (χ2n) is 8.05. The number of pyridine rings is 2. The topological polar surface area (TPSA) is 58.4 Å². The van der Waals surface area contributed by atoms with Crippen LogP contribution in [-0.2, 0) is 0 Å². The summed E-state index contributed by atoms with van der Waals surface area (Å²) < 4.78 is 2.03. The molecule has 4 rings (SSSR count). The van der Waals surface area contributed by atoms with Crippen molar-refractivity contribution in [2.75, 3.05) is 38.6 Å². The van der Waals surface area contributed by atoms with Gasteiger partial charge in [-0.3, -0.25) is 9.59 Å². The predicted molar refractivity (Wildman–Crippen MR) is 106 cm³/mol. The average Bonchev–Trinajstić information content (AvgIpc) is 2.65. The molecule has 2 aromatic heterocycles. The first-order valence-corrected chi connectivity index (χ1v) is 9.52. The van der Waals surface area contributed by atoms with Crippen molar-refractivity contribution in [1.29, 1.82) is 0 Å². The number of carbonyl (C=O) groups excluding carboxylic acids is 1. The number of rotatable bonds is 4. The Bertz CT molecular complexity index is 903. The molecule has 2 aromatic rings. The number of fused-ring (bicyclic) bond motifs is 4. The number of carbonyl (C=O) groups is 1. The highest BCUT2D eigenvalue weighted by atomic mass is 16.1. The molecule has 1 saturated heterocycles. The Kier molecular flexibility index (Phi) is 4.60. The molecular formula is C21H26N4O2. The molecule has 6 nitrogen and oxygen atoms in total. The number of Topliss-reactive ketones (excluding diaryl/α,β-unsaturated/α-hetero) is 1. The second kappa shape index (κ2) is 6.93. The van der Waals surface area contributed by atoms with Gasteiger partial charge in [-0.1, -0.05) is 6.07 Å². The van der Waals surface area contributed by atoms with E-state index in [0.717, 1.165) is 37.6 Å². The fraction of sp³-hybridized carbons (Fsp3) is 0.476. The summed E-state index contributed by atoms with van der Waals surface area (Å²) >= 11 is 0. The molecule has 0 radical (unpaired) electrons. The first-order valence-electron chi connectivity index (χ1n) is 9.52. The van der Waals surface area contributed by atoms with Gasteiger partial charge in [0, 0.05) is 49.1 Å². The van der Waals surface area contributed by atoms with Gasteiger partial charge in [-0.25, -0.2) is 4.98 Å². The third kappa shape index (κ3) is 3.30. The van der Waals surface area contributed by atoms with E-state index in [1.807, 2.05) is 22.8 Å². The largest absolute Gasteiger partial charge is 0.356 e. The Morgan fingerprint density at radius 1 is 1.22 bits per heavy atom. The van der Waals surface area contributed by atoms with Crippen LogP contribution in [0.1, 0.15) is 41.4 Å². The minimum Gasteiger partial charge on any atom is -0.356 e. The molecule has 1 fully saturated rings. The van der Waals surface area contributed by atoms with Crippen molar-refractivity contribution in [3.05, 3.63) is 58.1 Å². The molecule has 0 N–H and O–H groups in total. The molecule has 0 saturated carbocycles. The highest BCUT2D eigenvalue weighted by molar-refractivity contribution is 5.93. The van der Waals surface area contributed by atoms with Gasteiger partial charge < -0.3 is 14.4 Å². The van der Waals surface area contributed by atoms with E-state index in [-0.39, 0.29) is 17.4 Å².